The maximum absolute atomic E-state index is 5.29. The summed E-state index contributed by atoms with van der Waals surface area (Å²) >= 11 is 0. The Balaban J connectivity index is 2.23. The molecule has 0 radical (unpaired) electrons. The van der Waals surface area contributed by atoms with E-state index in [1.807, 2.05) is 31.2 Å². The molecule has 0 fully saturated rings. The van der Waals surface area contributed by atoms with Crippen molar-refractivity contribution in [1.29, 1.82) is 0 Å². The maximum Gasteiger partial charge on any atom is 0.119 e. The molecule has 1 aromatic heterocycles. The minimum absolute atomic E-state index is 0.872. The third-order valence-corrected chi connectivity index (χ3v) is 3.30. The quantitative estimate of drug-likeness (QED) is 0.678. The molecule has 2 nitrogen and oxygen atoms in total. The van der Waals surface area contributed by atoms with Crippen LogP contribution in [0.2, 0.25) is 0 Å². The van der Waals surface area contributed by atoms with Crippen LogP contribution in [0.3, 0.4) is 0 Å². The van der Waals surface area contributed by atoms with E-state index >= 15 is 0 Å². The number of nitrogens with zero attached hydrogens (tertiary/aromatic N) is 1. The van der Waals surface area contributed by atoms with E-state index in [1.54, 1.807) is 7.11 Å². The molecule has 19 heavy (non-hydrogen) atoms. The fourth-order valence-electron chi connectivity index (χ4n) is 2.29. The van der Waals surface area contributed by atoms with Gasteiger partial charge < -0.3 is 4.74 Å². The van der Waals surface area contributed by atoms with Gasteiger partial charge in [-0.25, -0.2) is 0 Å². The van der Waals surface area contributed by atoms with Gasteiger partial charge in [0.15, 0.2) is 0 Å². The van der Waals surface area contributed by atoms with E-state index in [-0.39, 0.29) is 0 Å². The van der Waals surface area contributed by atoms with E-state index in [0.717, 1.165) is 28.1 Å². The lowest BCUT2D eigenvalue weighted by Crippen LogP contribution is -1.90. The van der Waals surface area contributed by atoms with Gasteiger partial charge >= 0.3 is 0 Å². The summed E-state index contributed by atoms with van der Waals surface area (Å²) in [5.41, 5.74) is 3.17. The van der Waals surface area contributed by atoms with Crippen LogP contribution in [0.1, 0.15) is 5.69 Å². The number of aryl methyl sites for hydroxylation is 1. The van der Waals surface area contributed by atoms with Crippen molar-refractivity contribution in [1.82, 2.24) is 4.98 Å². The lowest BCUT2D eigenvalue weighted by molar-refractivity contribution is 0.415. The summed E-state index contributed by atoms with van der Waals surface area (Å²) in [7, 11) is 1.69. The Labute approximate surface area is 112 Å². The lowest BCUT2D eigenvalue weighted by atomic mass is 10.1. The zero-order valence-electron chi connectivity index (χ0n) is 11.1. The first-order valence-electron chi connectivity index (χ1n) is 6.29. The third-order valence-electron chi connectivity index (χ3n) is 3.30. The largest absolute Gasteiger partial charge is 0.497 e. The molecule has 0 aliphatic rings. The van der Waals surface area contributed by atoms with Crippen LogP contribution < -0.4 is 4.74 Å². The van der Waals surface area contributed by atoms with Crippen molar-refractivity contribution in [2.45, 2.75) is 6.92 Å². The standard InChI is InChI=1S/C17H15NO/c1-12-16-9-8-15(19-2)10-14(16)11-17(18-12)13-6-4-3-5-7-13/h3-11H,1-2H3. The zero-order valence-corrected chi connectivity index (χ0v) is 11.1. The highest BCUT2D eigenvalue weighted by atomic mass is 16.5. The average Bonchev–Trinajstić information content (AvgIpc) is 2.47. The fraction of sp³-hybridized carbons (Fsp3) is 0.118. The van der Waals surface area contributed by atoms with Crippen LogP contribution in [-0.2, 0) is 0 Å². The first-order chi connectivity index (χ1) is 9.28. The number of hydrogen-bond donors (Lipinski definition) is 0. The second kappa shape index (κ2) is 4.73. The van der Waals surface area contributed by atoms with Gasteiger partial charge in [0.1, 0.15) is 5.75 Å². The molecule has 3 aromatic rings. The van der Waals surface area contributed by atoms with Gasteiger partial charge in [-0.2, -0.15) is 0 Å². The zero-order chi connectivity index (χ0) is 13.2. The van der Waals surface area contributed by atoms with Crippen molar-refractivity contribution in [3.63, 3.8) is 0 Å². The molecular weight excluding hydrogens is 234 g/mol. The van der Waals surface area contributed by atoms with E-state index in [4.69, 9.17) is 4.74 Å². The molecule has 0 saturated heterocycles. The summed E-state index contributed by atoms with van der Waals surface area (Å²) < 4.78 is 5.29. The van der Waals surface area contributed by atoms with Crippen LogP contribution in [0, 0.1) is 6.92 Å². The molecule has 0 amide bonds. The molecule has 0 aliphatic carbocycles. The summed E-state index contributed by atoms with van der Waals surface area (Å²) in [6.07, 6.45) is 0. The number of ether oxygens (including phenoxy) is 1. The minimum Gasteiger partial charge on any atom is -0.497 e. The van der Waals surface area contributed by atoms with Crippen molar-refractivity contribution >= 4 is 10.8 Å². The van der Waals surface area contributed by atoms with Gasteiger partial charge in [0.25, 0.3) is 0 Å². The van der Waals surface area contributed by atoms with E-state index in [2.05, 4.69) is 35.3 Å². The van der Waals surface area contributed by atoms with E-state index < -0.39 is 0 Å². The number of methoxy groups -OCH3 is 1. The molecule has 0 aliphatic heterocycles. The highest BCUT2D eigenvalue weighted by molar-refractivity contribution is 5.88. The Morgan fingerprint density at radius 3 is 2.47 bits per heavy atom. The normalized spacial score (nSPS) is 10.6. The monoisotopic (exact) mass is 249 g/mol. The Hall–Kier alpha value is -2.35. The highest BCUT2D eigenvalue weighted by Gasteiger charge is 2.05. The van der Waals surface area contributed by atoms with Crippen LogP contribution in [-0.4, -0.2) is 12.1 Å². The Kier molecular flexibility index (Phi) is 2.92. The number of benzene rings is 2. The van der Waals surface area contributed by atoms with Crippen LogP contribution in [0.4, 0.5) is 0 Å². The number of pyridine rings is 1. The number of aromatic nitrogens is 1. The first kappa shape index (κ1) is 11.7. The Morgan fingerprint density at radius 2 is 1.74 bits per heavy atom. The molecule has 3 rings (SSSR count). The molecule has 94 valence electrons. The molecule has 2 aromatic carbocycles. The lowest BCUT2D eigenvalue weighted by Gasteiger charge is -2.08. The molecule has 0 saturated carbocycles. The molecule has 0 unspecified atom stereocenters. The maximum atomic E-state index is 5.29. The van der Waals surface area contributed by atoms with Gasteiger partial charge in [-0.3, -0.25) is 4.98 Å². The molecular formula is C17H15NO. The van der Waals surface area contributed by atoms with E-state index in [1.165, 1.54) is 5.39 Å². The van der Waals surface area contributed by atoms with Crippen molar-refractivity contribution < 1.29 is 4.74 Å². The van der Waals surface area contributed by atoms with Gasteiger partial charge in [-0.1, -0.05) is 30.3 Å². The Morgan fingerprint density at radius 1 is 0.947 bits per heavy atom. The highest BCUT2D eigenvalue weighted by Crippen LogP contribution is 2.27. The molecule has 0 bridgehead atoms. The van der Waals surface area contributed by atoms with Crippen molar-refractivity contribution in [3.8, 4) is 17.0 Å². The van der Waals surface area contributed by atoms with Crippen molar-refractivity contribution in [2.75, 3.05) is 7.11 Å². The third kappa shape index (κ3) is 2.17. The van der Waals surface area contributed by atoms with E-state index in [0.29, 0.717) is 0 Å². The molecule has 0 spiro atoms. The molecule has 0 atom stereocenters. The molecule has 2 heteroatoms. The van der Waals surface area contributed by atoms with Gasteiger partial charge in [-0.05, 0) is 36.6 Å². The van der Waals surface area contributed by atoms with Gasteiger partial charge in [0, 0.05) is 16.6 Å². The summed E-state index contributed by atoms with van der Waals surface area (Å²) in [5, 5.41) is 2.33. The van der Waals surface area contributed by atoms with Crippen LogP contribution in [0.15, 0.2) is 54.6 Å². The summed E-state index contributed by atoms with van der Waals surface area (Å²) in [6, 6.07) is 18.4. The predicted octanol–water partition coefficient (Wildman–Crippen LogP) is 4.22. The second-order valence-electron chi connectivity index (χ2n) is 4.55. The fourth-order valence-corrected chi connectivity index (χ4v) is 2.29. The molecule has 1 heterocycles. The van der Waals surface area contributed by atoms with Crippen molar-refractivity contribution in [2.24, 2.45) is 0 Å². The Bertz CT molecular complexity index is 720. The first-order valence-corrected chi connectivity index (χ1v) is 6.29. The summed E-state index contributed by atoms with van der Waals surface area (Å²) in [4.78, 5) is 4.69. The van der Waals surface area contributed by atoms with Crippen LogP contribution in [0.25, 0.3) is 22.0 Å². The number of fused-ring (bicyclic) bond motifs is 1. The van der Waals surface area contributed by atoms with Crippen LogP contribution in [0.5, 0.6) is 5.75 Å². The average molecular weight is 249 g/mol. The van der Waals surface area contributed by atoms with Gasteiger partial charge in [-0.15, -0.1) is 0 Å². The van der Waals surface area contributed by atoms with Gasteiger partial charge in [0.2, 0.25) is 0 Å². The second-order valence-corrected chi connectivity index (χ2v) is 4.55. The predicted molar refractivity (Wildman–Crippen MR) is 78.5 cm³/mol. The smallest absolute Gasteiger partial charge is 0.119 e. The van der Waals surface area contributed by atoms with E-state index in [9.17, 15) is 0 Å². The van der Waals surface area contributed by atoms with Crippen LogP contribution >= 0.6 is 0 Å². The number of hydrogen-bond acceptors (Lipinski definition) is 2. The SMILES string of the molecule is COc1ccc2c(C)nc(-c3ccccc3)cc2c1. The van der Waals surface area contributed by atoms with Gasteiger partial charge in [0.05, 0.1) is 12.8 Å². The minimum atomic E-state index is 0.872. The number of rotatable bonds is 2. The molecule has 0 N–H and O–H groups in total. The summed E-state index contributed by atoms with van der Waals surface area (Å²) in [5.74, 6) is 0.872. The topological polar surface area (TPSA) is 22.1 Å². The van der Waals surface area contributed by atoms with Crippen molar-refractivity contribution in [3.05, 3.63) is 60.3 Å². The summed E-state index contributed by atoms with van der Waals surface area (Å²) in [6.45, 7) is 2.04.